The zero-order valence-electron chi connectivity index (χ0n) is 17.3. The third-order valence-corrected chi connectivity index (χ3v) is 5.31. The SMILES string of the molecule is O=C(CCCOc1ccccc1F)N1CCN(C(=O)CCCc2ccccc2)CC1. The number of rotatable bonds is 9. The molecule has 2 amide bonds. The number of amides is 2. The lowest BCUT2D eigenvalue weighted by atomic mass is 10.1. The third kappa shape index (κ3) is 6.58. The van der Waals surface area contributed by atoms with Crippen LogP contribution in [0.1, 0.15) is 31.2 Å². The van der Waals surface area contributed by atoms with E-state index in [9.17, 15) is 14.0 Å². The van der Waals surface area contributed by atoms with Gasteiger partial charge in [-0.3, -0.25) is 9.59 Å². The Morgan fingerprint density at radius 3 is 2.00 bits per heavy atom. The van der Waals surface area contributed by atoms with Gasteiger partial charge in [-0.1, -0.05) is 42.5 Å². The van der Waals surface area contributed by atoms with E-state index in [0.717, 1.165) is 12.8 Å². The summed E-state index contributed by atoms with van der Waals surface area (Å²) in [5, 5.41) is 0. The number of nitrogens with zero attached hydrogens (tertiary/aromatic N) is 2. The number of benzene rings is 2. The molecule has 1 heterocycles. The summed E-state index contributed by atoms with van der Waals surface area (Å²) in [6, 6.07) is 16.4. The van der Waals surface area contributed by atoms with E-state index >= 15 is 0 Å². The minimum absolute atomic E-state index is 0.0586. The maximum atomic E-state index is 13.5. The predicted octanol–water partition coefficient (Wildman–Crippen LogP) is 3.68. The van der Waals surface area contributed by atoms with Crippen molar-refractivity contribution in [2.24, 2.45) is 0 Å². The summed E-state index contributed by atoms with van der Waals surface area (Å²) in [4.78, 5) is 28.4. The van der Waals surface area contributed by atoms with E-state index in [0.29, 0.717) is 52.0 Å². The van der Waals surface area contributed by atoms with Crippen molar-refractivity contribution in [3.8, 4) is 5.75 Å². The molecule has 6 heteroatoms. The second-order valence-corrected chi connectivity index (χ2v) is 7.48. The third-order valence-electron chi connectivity index (χ3n) is 5.31. The molecule has 0 radical (unpaired) electrons. The molecule has 0 atom stereocenters. The molecule has 2 aromatic rings. The van der Waals surface area contributed by atoms with Gasteiger partial charge in [0.05, 0.1) is 6.61 Å². The van der Waals surface area contributed by atoms with Crippen LogP contribution in [0.4, 0.5) is 4.39 Å². The first-order valence-electron chi connectivity index (χ1n) is 10.6. The largest absolute Gasteiger partial charge is 0.491 e. The minimum atomic E-state index is -0.395. The van der Waals surface area contributed by atoms with Gasteiger partial charge < -0.3 is 14.5 Å². The Hall–Kier alpha value is -2.89. The number of piperazine rings is 1. The summed E-state index contributed by atoms with van der Waals surface area (Å²) >= 11 is 0. The Morgan fingerprint density at radius 1 is 0.800 bits per heavy atom. The smallest absolute Gasteiger partial charge is 0.222 e. The molecule has 3 rings (SSSR count). The van der Waals surface area contributed by atoms with Crippen LogP contribution in [0.2, 0.25) is 0 Å². The van der Waals surface area contributed by atoms with Crippen LogP contribution in [0.15, 0.2) is 54.6 Å². The van der Waals surface area contributed by atoms with E-state index < -0.39 is 5.82 Å². The number of hydrogen-bond acceptors (Lipinski definition) is 3. The van der Waals surface area contributed by atoms with E-state index in [1.165, 1.54) is 11.6 Å². The van der Waals surface area contributed by atoms with Crippen molar-refractivity contribution in [3.05, 3.63) is 66.0 Å². The standard InChI is InChI=1S/C24H29FN2O3/c25-21-11-4-5-12-22(21)30-19-7-14-24(29)27-17-15-26(16-18-27)23(28)13-6-10-20-8-2-1-3-9-20/h1-5,8-9,11-12H,6-7,10,13-19H2. The molecule has 0 spiro atoms. The monoisotopic (exact) mass is 412 g/mol. The summed E-state index contributed by atoms with van der Waals surface area (Å²) in [7, 11) is 0. The normalized spacial score (nSPS) is 13.9. The molecule has 0 N–H and O–H groups in total. The maximum absolute atomic E-state index is 13.5. The topological polar surface area (TPSA) is 49.9 Å². The van der Waals surface area contributed by atoms with Crippen molar-refractivity contribution in [3.63, 3.8) is 0 Å². The molecule has 0 bridgehead atoms. The molecular weight excluding hydrogens is 383 g/mol. The summed E-state index contributed by atoms with van der Waals surface area (Å²) in [5.41, 5.74) is 1.25. The van der Waals surface area contributed by atoms with Gasteiger partial charge in [0.2, 0.25) is 11.8 Å². The Labute approximate surface area is 177 Å². The lowest BCUT2D eigenvalue weighted by Crippen LogP contribution is -2.50. The van der Waals surface area contributed by atoms with Crippen LogP contribution in [0.5, 0.6) is 5.75 Å². The van der Waals surface area contributed by atoms with Crippen molar-refractivity contribution in [1.82, 2.24) is 9.80 Å². The molecule has 1 aliphatic rings. The van der Waals surface area contributed by atoms with Gasteiger partial charge in [0.15, 0.2) is 11.6 Å². The molecule has 0 aromatic heterocycles. The lowest BCUT2D eigenvalue weighted by molar-refractivity contribution is -0.139. The second kappa shape index (κ2) is 11.3. The van der Waals surface area contributed by atoms with E-state index in [4.69, 9.17) is 4.74 Å². The molecule has 0 unspecified atom stereocenters. The number of carbonyl (C=O) groups is 2. The van der Waals surface area contributed by atoms with E-state index in [-0.39, 0.29) is 17.6 Å². The van der Waals surface area contributed by atoms with Crippen molar-refractivity contribution in [2.45, 2.75) is 32.1 Å². The van der Waals surface area contributed by atoms with Gasteiger partial charge in [-0.25, -0.2) is 4.39 Å². The summed E-state index contributed by atoms with van der Waals surface area (Å²) < 4.78 is 18.9. The lowest BCUT2D eigenvalue weighted by Gasteiger charge is -2.35. The van der Waals surface area contributed by atoms with Crippen LogP contribution in [0.25, 0.3) is 0 Å². The molecule has 0 saturated carbocycles. The van der Waals surface area contributed by atoms with Crippen molar-refractivity contribution in [2.75, 3.05) is 32.8 Å². The number of aryl methyl sites for hydroxylation is 1. The van der Waals surface area contributed by atoms with E-state index in [1.54, 1.807) is 23.1 Å². The van der Waals surface area contributed by atoms with Crippen LogP contribution in [-0.4, -0.2) is 54.4 Å². The van der Waals surface area contributed by atoms with Gasteiger partial charge in [-0.2, -0.15) is 0 Å². The molecule has 160 valence electrons. The fourth-order valence-corrected chi connectivity index (χ4v) is 3.58. The van der Waals surface area contributed by atoms with Gasteiger partial charge in [0.1, 0.15) is 0 Å². The molecule has 5 nitrogen and oxygen atoms in total. The van der Waals surface area contributed by atoms with Crippen LogP contribution >= 0.6 is 0 Å². The van der Waals surface area contributed by atoms with Gasteiger partial charge in [0.25, 0.3) is 0 Å². The van der Waals surface area contributed by atoms with Gasteiger partial charge in [-0.05, 0) is 37.0 Å². The predicted molar refractivity (Wildman–Crippen MR) is 114 cm³/mol. The van der Waals surface area contributed by atoms with E-state index in [2.05, 4.69) is 12.1 Å². The maximum Gasteiger partial charge on any atom is 0.222 e. The average molecular weight is 413 g/mol. The molecule has 30 heavy (non-hydrogen) atoms. The Balaban J connectivity index is 1.30. The molecule has 1 aliphatic heterocycles. The average Bonchev–Trinajstić information content (AvgIpc) is 2.78. The summed E-state index contributed by atoms with van der Waals surface area (Å²) in [6.45, 7) is 2.60. The molecule has 1 saturated heterocycles. The van der Waals surface area contributed by atoms with Crippen LogP contribution < -0.4 is 4.74 Å². The highest BCUT2D eigenvalue weighted by atomic mass is 19.1. The van der Waals surface area contributed by atoms with Gasteiger partial charge in [-0.15, -0.1) is 0 Å². The second-order valence-electron chi connectivity index (χ2n) is 7.48. The van der Waals surface area contributed by atoms with Crippen LogP contribution in [0, 0.1) is 5.82 Å². The quantitative estimate of drug-likeness (QED) is 0.591. The van der Waals surface area contributed by atoms with Crippen molar-refractivity contribution >= 4 is 11.8 Å². The van der Waals surface area contributed by atoms with Gasteiger partial charge in [0, 0.05) is 39.0 Å². The Kier molecular flexibility index (Phi) is 8.24. The number of hydrogen-bond donors (Lipinski definition) is 0. The number of carbonyl (C=O) groups excluding carboxylic acids is 2. The zero-order valence-corrected chi connectivity index (χ0v) is 17.3. The number of ether oxygens (including phenoxy) is 1. The first-order chi connectivity index (χ1) is 14.6. The Bertz CT molecular complexity index is 820. The fourth-order valence-electron chi connectivity index (χ4n) is 3.58. The first-order valence-corrected chi connectivity index (χ1v) is 10.6. The molecule has 1 fully saturated rings. The number of halogens is 1. The van der Waals surface area contributed by atoms with Crippen LogP contribution in [0.3, 0.4) is 0 Å². The molecule has 0 aliphatic carbocycles. The van der Waals surface area contributed by atoms with Crippen LogP contribution in [-0.2, 0) is 16.0 Å². The van der Waals surface area contributed by atoms with Gasteiger partial charge >= 0.3 is 0 Å². The molecule has 2 aromatic carbocycles. The van der Waals surface area contributed by atoms with Crippen molar-refractivity contribution < 1.29 is 18.7 Å². The fraction of sp³-hybridized carbons (Fsp3) is 0.417. The summed E-state index contributed by atoms with van der Waals surface area (Å²) in [6.07, 6.45) is 3.17. The van der Waals surface area contributed by atoms with Crippen molar-refractivity contribution in [1.29, 1.82) is 0 Å². The minimum Gasteiger partial charge on any atom is -0.491 e. The first kappa shape index (κ1) is 21.8. The van der Waals surface area contributed by atoms with E-state index in [1.807, 2.05) is 23.1 Å². The highest BCUT2D eigenvalue weighted by molar-refractivity contribution is 5.78. The zero-order chi connectivity index (χ0) is 21.2. The highest BCUT2D eigenvalue weighted by Gasteiger charge is 2.23. The number of para-hydroxylation sites is 1. The highest BCUT2D eigenvalue weighted by Crippen LogP contribution is 2.16. The summed E-state index contributed by atoms with van der Waals surface area (Å²) in [5.74, 6) is 0.0392. The Morgan fingerprint density at radius 2 is 1.37 bits per heavy atom. The molecular formula is C24H29FN2O3.